The predicted octanol–water partition coefficient (Wildman–Crippen LogP) is 8.45. The molecule has 0 radical (unpaired) electrons. The summed E-state index contributed by atoms with van der Waals surface area (Å²) >= 11 is 2.57. The highest BCUT2D eigenvalue weighted by molar-refractivity contribution is 14.1. The van der Waals surface area contributed by atoms with Gasteiger partial charge in [-0.05, 0) is 104 Å². The van der Waals surface area contributed by atoms with Gasteiger partial charge in [-0.1, -0.05) is 76.5 Å². The van der Waals surface area contributed by atoms with Crippen molar-refractivity contribution in [1.82, 2.24) is 0 Å². The molecule has 10 atom stereocenters. The van der Waals surface area contributed by atoms with E-state index in [-0.39, 0.29) is 12.1 Å². The third-order valence-corrected chi connectivity index (χ3v) is 12.4. The third kappa shape index (κ3) is 4.55. The summed E-state index contributed by atoms with van der Waals surface area (Å²) in [7, 11) is 0. The molecule has 0 bridgehead atoms. The molecule has 0 heterocycles. The molecule has 0 aliphatic heterocycles. The minimum absolute atomic E-state index is 0.0904. The first kappa shape index (κ1) is 25.3. The number of esters is 1. The number of fused-ring (bicyclic) bond motifs is 5. The van der Waals surface area contributed by atoms with Crippen molar-refractivity contribution in [3.63, 3.8) is 0 Å². The van der Waals surface area contributed by atoms with Gasteiger partial charge in [0.05, 0.1) is 0 Å². The second kappa shape index (κ2) is 9.69. The number of carbonyl (C=O) groups is 1. The summed E-state index contributed by atoms with van der Waals surface area (Å²) in [5, 5.41) is 0. The molecule has 2 nitrogen and oxygen atoms in total. The van der Waals surface area contributed by atoms with Gasteiger partial charge in [0.25, 0.3) is 0 Å². The zero-order valence-corrected chi connectivity index (χ0v) is 23.8. The highest BCUT2D eigenvalue weighted by Crippen LogP contribution is 2.68. The Hall–Kier alpha value is 0.200. The van der Waals surface area contributed by atoms with Crippen molar-refractivity contribution in [3.05, 3.63) is 0 Å². The molecule has 0 spiro atoms. The molecule has 0 unspecified atom stereocenters. The molecule has 4 saturated carbocycles. The van der Waals surface area contributed by atoms with Gasteiger partial charge in [0.1, 0.15) is 6.10 Å². The monoisotopic (exact) mass is 556 g/mol. The number of hydrogen-bond acceptors (Lipinski definition) is 2. The summed E-state index contributed by atoms with van der Waals surface area (Å²) in [6.07, 6.45) is 15.4. The average molecular weight is 557 g/mol. The van der Waals surface area contributed by atoms with Crippen LogP contribution in [0.5, 0.6) is 0 Å². The molecule has 0 amide bonds. The predicted molar refractivity (Wildman–Crippen MR) is 142 cm³/mol. The number of rotatable bonds is 6. The molecule has 4 aliphatic rings. The van der Waals surface area contributed by atoms with Crippen LogP contribution in [-0.4, -0.2) is 16.0 Å². The summed E-state index contributed by atoms with van der Waals surface area (Å²) in [5.74, 6) is 6.08. The molecular weight excluding hydrogens is 507 g/mol. The maximum absolute atomic E-state index is 11.8. The number of carbonyl (C=O) groups excluding carboxylic acids is 1. The quantitative estimate of drug-likeness (QED) is 0.186. The van der Waals surface area contributed by atoms with Crippen LogP contribution in [0, 0.1) is 52.3 Å². The molecular formula is C29H49IO2. The summed E-state index contributed by atoms with van der Waals surface area (Å²) in [5.41, 5.74) is 0.935. The van der Waals surface area contributed by atoms with E-state index in [0.717, 1.165) is 47.8 Å². The van der Waals surface area contributed by atoms with Crippen molar-refractivity contribution in [3.8, 4) is 0 Å². The van der Waals surface area contributed by atoms with Crippen molar-refractivity contribution >= 4 is 28.6 Å². The van der Waals surface area contributed by atoms with E-state index in [1.54, 1.807) is 6.92 Å². The Balaban J connectivity index is 1.48. The van der Waals surface area contributed by atoms with Crippen LogP contribution in [0.15, 0.2) is 0 Å². The third-order valence-electron chi connectivity index (χ3n) is 11.1. The first-order valence-electron chi connectivity index (χ1n) is 13.9. The smallest absolute Gasteiger partial charge is 0.302 e. The summed E-state index contributed by atoms with van der Waals surface area (Å²) < 4.78 is 6.35. The topological polar surface area (TPSA) is 26.3 Å². The Morgan fingerprint density at radius 1 is 1.00 bits per heavy atom. The number of hydrogen-bond donors (Lipinski definition) is 0. The van der Waals surface area contributed by atoms with Crippen molar-refractivity contribution < 1.29 is 9.53 Å². The zero-order valence-electron chi connectivity index (χ0n) is 21.7. The average Bonchev–Trinajstić information content (AvgIpc) is 3.05. The minimum Gasteiger partial charge on any atom is -0.461 e. The first-order chi connectivity index (χ1) is 15.1. The fourth-order valence-corrected chi connectivity index (χ4v) is 10.6. The van der Waals surface area contributed by atoms with E-state index in [4.69, 9.17) is 4.74 Å². The van der Waals surface area contributed by atoms with E-state index in [0.29, 0.717) is 14.8 Å². The minimum atomic E-state index is -0.0904. The lowest BCUT2D eigenvalue weighted by molar-refractivity contribution is -0.161. The normalized spacial score (nSPS) is 46.8. The SMILES string of the molecule is CC(=O)O[C@@H]1C[C@@]2(C)[C@@H](CC[C@@H]3[C@H]4CC[C@H]([C@H](C)CCCC(C)C)[C@]4(C)CC[C@H]32)C[C@@H]1I. The molecule has 4 rings (SSSR count). The maximum Gasteiger partial charge on any atom is 0.302 e. The van der Waals surface area contributed by atoms with E-state index >= 15 is 0 Å². The second-order valence-electron chi connectivity index (χ2n) is 13.3. The van der Waals surface area contributed by atoms with Gasteiger partial charge in [0, 0.05) is 10.8 Å². The first-order valence-corrected chi connectivity index (χ1v) is 15.1. The van der Waals surface area contributed by atoms with Crippen LogP contribution in [-0.2, 0) is 9.53 Å². The van der Waals surface area contributed by atoms with E-state index in [2.05, 4.69) is 57.2 Å². The van der Waals surface area contributed by atoms with Crippen LogP contribution in [0.4, 0.5) is 0 Å². The molecule has 184 valence electrons. The Morgan fingerprint density at radius 2 is 1.72 bits per heavy atom. The van der Waals surface area contributed by atoms with Crippen LogP contribution >= 0.6 is 22.6 Å². The summed E-state index contributed by atoms with van der Waals surface area (Å²) in [6, 6.07) is 0. The van der Waals surface area contributed by atoms with Gasteiger partial charge in [-0.25, -0.2) is 0 Å². The Bertz CT molecular complexity index is 676. The molecule has 0 saturated heterocycles. The van der Waals surface area contributed by atoms with Crippen LogP contribution < -0.4 is 0 Å². The molecule has 0 aromatic heterocycles. The fraction of sp³-hybridized carbons (Fsp3) is 0.966. The van der Waals surface area contributed by atoms with Gasteiger partial charge in [0.15, 0.2) is 0 Å². The molecule has 4 aliphatic carbocycles. The van der Waals surface area contributed by atoms with E-state index in [9.17, 15) is 4.79 Å². The second-order valence-corrected chi connectivity index (χ2v) is 14.9. The van der Waals surface area contributed by atoms with E-state index in [1.807, 2.05) is 0 Å². The van der Waals surface area contributed by atoms with E-state index in [1.165, 1.54) is 64.2 Å². The molecule has 0 aromatic rings. The Labute approximate surface area is 211 Å². The zero-order chi connectivity index (χ0) is 23.3. The summed E-state index contributed by atoms with van der Waals surface area (Å²) in [4.78, 5) is 11.8. The maximum atomic E-state index is 11.8. The standard InChI is InChI=1S/C29H49IO2/c1-18(2)8-7-9-19(3)23-12-13-24-22-11-10-21-16-26(30)27(32-20(4)31)17-29(21,6)25(22)14-15-28(23,24)5/h18-19,21-27H,7-17H2,1-6H3/t19-,21+,22-,23-,24-,25-,26+,27-,28+,29+/m1/s1. The molecule has 4 fully saturated rings. The lowest BCUT2D eigenvalue weighted by Crippen LogP contribution is -2.56. The van der Waals surface area contributed by atoms with E-state index < -0.39 is 0 Å². The highest BCUT2D eigenvalue weighted by Gasteiger charge is 2.61. The van der Waals surface area contributed by atoms with Gasteiger partial charge in [-0.2, -0.15) is 0 Å². The lowest BCUT2D eigenvalue weighted by Gasteiger charge is -2.62. The van der Waals surface area contributed by atoms with Crippen molar-refractivity contribution in [2.45, 2.75) is 122 Å². The van der Waals surface area contributed by atoms with Gasteiger partial charge in [-0.15, -0.1) is 0 Å². The number of alkyl halides is 1. The van der Waals surface area contributed by atoms with Gasteiger partial charge in [0.2, 0.25) is 0 Å². The highest BCUT2D eigenvalue weighted by atomic mass is 127. The number of ether oxygens (including phenoxy) is 1. The van der Waals surface area contributed by atoms with Crippen molar-refractivity contribution in [1.29, 1.82) is 0 Å². The molecule has 3 heteroatoms. The van der Waals surface area contributed by atoms with Crippen molar-refractivity contribution in [2.24, 2.45) is 52.3 Å². The van der Waals surface area contributed by atoms with Crippen LogP contribution in [0.2, 0.25) is 0 Å². The summed E-state index contributed by atoms with van der Waals surface area (Å²) in [6.45, 7) is 14.2. The van der Waals surface area contributed by atoms with Gasteiger partial charge < -0.3 is 4.74 Å². The molecule has 0 aromatic carbocycles. The van der Waals surface area contributed by atoms with Crippen LogP contribution in [0.25, 0.3) is 0 Å². The van der Waals surface area contributed by atoms with Crippen LogP contribution in [0.1, 0.15) is 112 Å². The molecule has 0 N–H and O–H groups in total. The largest absolute Gasteiger partial charge is 0.461 e. The molecule has 32 heavy (non-hydrogen) atoms. The van der Waals surface area contributed by atoms with Gasteiger partial charge >= 0.3 is 5.97 Å². The lowest BCUT2D eigenvalue weighted by atomic mass is 9.44. The van der Waals surface area contributed by atoms with Crippen LogP contribution in [0.3, 0.4) is 0 Å². The Morgan fingerprint density at radius 3 is 2.41 bits per heavy atom. The van der Waals surface area contributed by atoms with Gasteiger partial charge in [-0.3, -0.25) is 4.79 Å². The van der Waals surface area contributed by atoms with Crippen molar-refractivity contribution in [2.75, 3.05) is 0 Å². The Kier molecular flexibility index (Phi) is 7.66. The number of halogens is 1. The fourth-order valence-electron chi connectivity index (χ4n) is 9.58.